The molecule has 4 nitrogen and oxygen atoms in total. The van der Waals surface area contributed by atoms with Crippen molar-refractivity contribution in [3.05, 3.63) is 131 Å². The summed E-state index contributed by atoms with van der Waals surface area (Å²) in [6.45, 7) is 0.497. The molecule has 0 aliphatic heterocycles. The number of pyridine rings is 2. The average Bonchev–Trinajstić information content (AvgIpc) is 2.88. The van der Waals surface area contributed by atoms with E-state index in [-0.39, 0.29) is 5.52 Å². The maximum absolute atomic E-state index is 13.8. The van der Waals surface area contributed by atoms with Crippen LogP contribution in [0.5, 0.6) is 0 Å². The van der Waals surface area contributed by atoms with Gasteiger partial charge in [0.2, 0.25) is 0 Å². The number of halogens is 3. The number of alkyl halides is 3. The molecule has 36 heavy (non-hydrogen) atoms. The van der Waals surface area contributed by atoms with Gasteiger partial charge in [-0.05, 0) is 52.4 Å². The van der Waals surface area contributed by atoms with Crippen molar-refractivity contribution >= 4 is 16.6 Å². The van der Waals surface area contributed by atoms with E-state index >= 15 is 0 Å². The zero-order valence-electron chi connectivity index (χ0n) is 19.2. The number of benzene rings is 3. The Labute approximate surface area is 206 Å². The molecule has 2 heterocycles. The fourth-order valence-electron chi connectivity index (χ4n) is 4.33. The second kappa shape index (κ2) is 9.70. The van der Waals surface area contributed by atoms with Crippen molar-refractivity contribution in [2.45, 2.75) is 19.1 Å². The van der Waals surface area contributed by atoms with E-state index < -0.39 is 11.7 Å². The van der Waals surface area contributed by atoms with Crippen molar-refractivity contribution in [1.29, 1.82) is 0 Å². The van der Waals surface area contributed by atoms with Crippen LogP contribution < -0.4 is 10.0 Å². The van der Waals surface area contributed by atoms with Gasteiger partial charge in [0.15, 0.2) is 12.4 Å². The first kappa shape index (κ1) is 23.4. The molecule has 0 unspecified atom stereocenters. The monoisotopic (exact) mass is 485 g/mol. The fraction of sp³-hybridized carbons (Fsp3) is 0.103. The topological polar surface area (TPSA) is 51.9 Å². The number of nitrogens with zero attached hydrogens (tertiary/aromatic N) is 2. The van der Waals surface area contributed by atoms with Gasteiger partial charge in [0.1, 0.15) is 0 Å². The average molecular weight is 486 g/mol. The van der Waals surface area contributed by atoms with Crippen LogP contribution in [0.25, 0.3) is 22.0 Å². The molecule has 5 aromatic rings. The van der Waals surface area contributed by atoms with Crippen molar-refractivity contribution in [2.24, 2.45) is 0 Å². The summed E-state index contributed by atoms with van der Waals surface area (Å²) in [6.07, 6.45) is 0.454. The van der Waals surface area contributed by atoms with Crippen LogP contribution >= 0.6 is 0 Å². The first-order chi connectivity index (χ1) is 17.4. The Morgan fingerprint density at radius 2 is 1.58 bits per heavy atom. The number of hydrogen-bond donors (Lipinski definition) is 1. The predicted octanol–water partition coefficient (Wildman–Crippen LogP) is 6.76. The van der Waals surface area contributed by atoms with Gasteiger partial charge in [-0.15, -0.1) is 0 Å². The fourth-order valence-corrected chi connectivity index (χ4v) is 4.33. The molecule has 0 atom stereocenters. The van der Waals surface area contributed by atoms with E-state index in [2.05, 4.69) is 10.3 Å². The standard InChI is InChI=1S/C29H22F3N3O/c30-29(31,32)26-11-5-10-25-27(23(19-34-28(25)26)16-20-6-2-1-3-7-20)22-8-4-9-24(17-22)33-18-21-12-14-35(36)15-13-21/h1-15,17,19,33H,16,18H2. The molecule has 0 spiro atoms. The lowest BCUT2D eigenvalue weighted by atomic mass is 9.91. The molecule has 0 radical (unpaired) electrons. The highest BCUT2D eigenvalue weighted by Crippen LogP contribution is 2.39. The van der Waals surface area contributed by atoms with Gasteiger partial charge in [0.25, 0.3) is 0 Å². The van der Waals surface area contributed by atoms with Gasteiger partial charge < -0.3 is 10.5 Å². The molecule has 7 heteroatoms. The number of aromatic nitrogens is 2. The number of hydrogen-bond acceptors (Lipinski definition) is 3. The zero-order chi connectivity index (χ0) is 25.1. The van der Waals surface area contributed by atoms with Gasteiger partial charge >= 0.3 is 6.18 Å². The first-order valence-corrected chi connectivity index (χ1v) is 11.4. The van der Waals surface area contributed by atoms with Crippen molar-refractivity contribution < 1.29 is 17.9 Å². The molecule has 5 rings (SSSR count). The number of anilines is 1. The van der Waals surface area contributed by atoms with E-state index in [1.165, 1.54) is 18.5 Å². The number of para-hydroxylation sites is 1. The highest BCUT2D eigenvalue weighted by atomic mass is 19.4. The largest absolute Gasteiger partial charge is 0.619 e. The maximum Gasteiger partial charge on any atom is 0.418 e. The van der Waals surface area contributed by atoms with Crippen LogP contribution in [-0.4, -0.2) is 4.98 Å². The van der Waals surface area contributed by atoms with Gasteiger partial charge in [-0.1, -0.05) is 54.6 Å². The zero-order valence-corrected chi connectivity index (χ0v) is 19.2. The molecule has 0 aliphatic carbocycles. The Bertz CT molecular complexity index is 1500. The smallest absolute Gasteiger partial charge is 0.418 e. The summed E-state index contributed by atoms with van der Waals surface area (Å²) in [7, 11) is 0. The van der Waals surface area contributed by atoms with Gasteiger partial charge in [0.05, 0.1) is 11.1 Å². The predicted molar refractivity (Wildman–Crippen MR) is 134 cm³/mol. The summed E-state index contributed by atoms with van der Waals surface area (Å²) in [5.74, 6) is 0. The van der Waals surface area contributed by atoms with Crippen LogP contribution in [0.2, 0.25) is 0 Å². The SMILES string of the molecule is [O-][n+]1ccc(CNc2cccc(-c3c(Cc4ccccc4)cnc4c(C(F)(F)F)cccc34)c2)cc1. The molecule has 2 aromatic heterocycles. The van der Waals surface area contributed by atoms with Gasteiger partial charge in [-0.2, -0.15) is 17.9 Å². The third-order valence-corrected chi connectivity index (χ3v) is 6.04. The van der Waals surface area contributed by atoms with Crippen LogP contribution in [0, 0.1) is 5.21 Å². The molecular weight excluding hydrogens is 463 g/mol. The van der Waals surface area contributed by atoms with Crippen molar-refractivity contribution in [3.63, 3.8) is 0 Å². The minimum absolute atomic E-state index is 0.0645. The minimum Gasteiger partial charge on any atom is -0.619 e. The highest BCUT2D eigenvalue weighted by molar-refractivity contribution is 5.98. The molecule has 0 bridgehead atoms. The summed E-state index contributed by atoms with van der Waals surface area (Å²) >= 11 is 0. The quantitative estimate of drug-likeness (QED) is 0.214. The van der Waals surface area contributed by atoms with E-state index in [9.17, 15) is 18.4 Å². The highest BCUT2D eigenvalue weighted by Gasteiger charge is 2.33. The van der Waals surface area contributed by atoms with Crippen molar-refractivity contribution in [3.8, 4) is 11.1 Å². The Morgan fingerprint density at radius 3 is 2.33 bits per heavy atom. The third-order valence-electron chi connectivity index (χ3n) is 6.04. The van der Waals surface area contributed by atoms with Crippen molar-refractivity contribution in [2.75, 3.05) is 5.32 Å². The Hall–Kier alpha value is -4.39. The third kappa shape index (κ3) is 5.00. The molecule has 3 aromatic carbocycles. The molecule has 0 saturated carbocycles. The van der Waals surface area contributed by atoms with E-state index in [4.69, 9.17) is 0 Å². The molecule has 0 aliphatic rings. The van der Waals surface area contributed by atoms with Crippen LogP contribution in [0.3, 0.4) is 0 Å². The number of nitrogens with one attached hydrogen (secondary N) is 1. The summed E-state index contributed by atoms with van der Waals surface area (Å²) in [5.41, 5.74) is 4.34. The van der Waals surface area contributed by atoms with Gasteiger partial charge in [-0.25, -0.2) is 0 Å². The normalized spacial score (nSPS) is 11.5. The summed E-state index contributed by atoms with van der Waals surface area (Å²) < 4.78 is 42.1. The molecule has 0 saturated heterocycles. The van der Waals surface area contributed by atoms with E-state index in [1.807, 2.05) is 54.6 Å². The lowest BCUT2D eigenvalue weighted by Crippen LogP contribution is -2.23. The molecular formula is C29H22F3N3O. The van der Waals surface area contributed by atoms with Crippen molar-refractivity contribution in [1.82, 2.24) is 4.98 Å². The molecule has 0 fully saturated rings. The minimum atomic E-state index is -4.51. The van der Waals surface area contributed by atoms with E-state index in [0.717, 1.165) is 44.3 Å². The second-order valence-corrected chi connectivity index (χ2v) is 8.52. The van der Waals surface area contributed by atoms with Gasteiger partial charge in [0, 0.05) is 35.9 Å². The molecule has 180 valence electrons. The van der Waals surface area contributed by atoms with E-state index in [1.54, 1.807) is 24.4 Å². The van der Waals surface area contributed by atoms with E-state index in [0.29, 0.717) is 18.4 Å². The van der Waals surface area contributed by atoms with Crippen LogP contribution in [0.15, 0.2) is 104 Å². The Morgan fingerprint density at radius 1 is 0.833 bits per heavy atom. The first-order valence-electron chi connectivity index (χ1n) is 11.4. The van der Waals surface area contributed by atoms with Crippen LogP contribution in [-0.2, 0) is 19.1 Å². The Balaban J connectivity index is 1.60. The lowest BCUT2D eigenvalue weighted by Gasteiger charge is -2.17. The molecule has 1 N–H and O–H groups in total. The van der Waals surface area contributed by atoms with Crippen LogP contribution in [0.1, 0.15) is 22.3 Å². The lowest BCUT2D eigenvalue weighted by molar-refractivity contribution is -0.605. The van der Waals surface area contributed by atoms with Gasteiger partial charge in [-0.3, -0.25) is 4.98 Å². The Kier molecular flexibility index (Phi) is 6.29. The molecule has 0 amide bonds. The maximum atomic E-state index is 13.8. The van der Waals surface area contributed by atoms with Crippen LogP contribution in [0.4, 0.5) is 18.9 Å². The summed E-state index contributed by atoms with van der Waals surface area (Å²) in [6, 6.07) is 25.1. The summed E-state index contributed by atoms with van der Waals surface area (Å²) in [5, 5.41) is 15.1. The number of rotatable bonds is 6. The second-order valence-electron chi connectivity index (χ2n) is 8.52. The summed E-state index contributed by atoms with van der Waals surface area (Å²) in [4.78, 5) is 4.27. The number of fused-ring (bicyclic) bond motifs is 1.